The molecule has 0 heterocycles. The summed E-state index contributed by atoms with van der Waals surface area (Å²) in [5.41, 5.74) is -0.905. The minimum atomic E-state index is -0.452. The number of hydrogen-bond acceptors (Lipinski definition) is 8. The van der Waals surface area contributed by atoms with E-state index in [1.807, 2.05) is 41.5 Å². The van der Waals surface area contributed by atoms with E-state index in [0.29, 0.717) is 25.0 Å². The van der Waals surface area contributed by atoms with Crippen LogP contribution in [0.15, 0.2) is 0 Å². The summed E-state index contributed by atoms with van der Waals surface area (Å²) < 4.78 is 10.4. The van der Waals surface area contributed by atoms with E-state index in [2.05, 4.69) is 20.4 Å². The molecule has 4 N–H and O–H groups in total. The number of alkyl carbamates (subject to hydrolysis) is 2. The van der Waals surface area contributed by atoms with Crippen molar-refractivity contribution in [2.45, 2.75) is 116 Å². The van der Waals surface area contributed by atoms with Crippen LogP contribution in [0.4, 0.5) is 9.59 Å². The van der Waals surface area contributed by atoms with E-state index in [1.165, 1.54) is 0 Å². The van der Waals surface area contributed by atoms with Gasteiger partial charge in [0.25, 0.3) is 0 Å². The summed E-state index contributed by atoms with van der Waals surface area (Å²) in [4.78, 5) is 31.4. The molecule has 2 saturated carbocycles. The third-order valence-electron chi connectivity index (χ3n) is 5.76. The van der Waals surface area contributed by atoms with Gasteiger partial charge in [0.15, 0.2) is 0 Å². The predicted octanol–water partition coefficient (Wildman–Crippen LogP) is 5.12. The Labute approximate surface area is 203 Å². The van der Waals surface area contributed by atoms with E-state index < -0.39 is 11.2 Å². The van der Waals surface area contributed by atoms with E-state index in [9.17, 15) is 9.59 Å². The summed E-state index contributed by atoms with van der Waals surface area (Å²) in [5.74, 6) is 0.799. The average Bonchev–Trinajstić information content (AvgIpc) is 2.69. The molecule has 2 aliphatic carbocycles. The van der Waals surface area contributed by atoms with Gasteiger partial charge in [0, 0.05) is 12.1 Å². The quantitative estimate of drug-likeness (QED) is 0.298. The molecule has 0 aliphatic heterocycles. The van der Waals surface area contributed by atoms with Crippen LogP contribution in [-0.2, 0) is 19.2 Å². The van der Waals surface area contributed by atoms with E-state index >= 15 is 0 Å². The number of ether oxygens (including phenoxy) is 2. The van der Waals surface area contributed by atoms with Gasteiger partial charge in [0.05, 0.1) is 13.2 Å². The van der Waals surface area contributed by atoms with Gasteiger partial charge in [0.1, 0.15) is 11.2 Å². The van der Waals surface area contributed by atoms with Crippen molar-refractivity contribution in [3.8, 4) is 0 Å². The second-order valence-electron chi connectivity index (χ2n) is 11.3. The zero-order valence-corrected chi connectivity index (χ0v) is 21.7. The highest BCUT2D eigenvalue weighted by Gasteiger charge is 2.26. The maximum absolute atomic E-state index is 11.5. The lowest BCUT2D eigenvalue weighted by atomic mass is 9.87. The molecular weight excluding hydrogens is 444 g/mol. The molecule has 0 atom stereocenters. The van der Waals surface area contributed by atoms with Gasteiger partial charge >= 0.3 is 12.2 Å². The van der Waals surface area contributed by atoms with Gasteiger partial charge in [-0.1, -0.05) is 0 Å². The Balaban J connectivity index is 0.000000340. The fourth-order valence-corrected chi connectivity index (χ4v) is 4.11. The van der Waals surface area contributed by atoms with Crippen LogP contribution in [0, 0.1) is 11.8 Å². The summed E-state index contributed by atoms with van der Waals surface area (Å²) in [5, 5.41) is 22.5. The van der Waals surface area contributed by atoms with Crippen molar-refractivity contribution in [1.82, 2.24) is 10.6 Å². The molecule has 10 heteroatoms. The van der Waals surface area contributed by atoms with E-state index in [4.69, 9.17) is 20.0 Å². The van der Waals surface area contributed by atoms with Crippen molar-refractivity contribution in [1.29, 1.82) is 0 Å². The Bertz CT molecular complexity index is 535. The molecule has 200 valence electrons. The molecule has 2 aliphatic rings. The van der Waals surface area contributed by atoms with Crippen molar-refractivity contribution in [2.24, 2.45) is 11.8 Å². The lowest BCUT2D eigenvalue weighted by molar-refractivity contribution is -0.252. The van der Waals surface area contributed by atoms with Gasteiger partial charge in [-0.15, -0.1) is 0 Å². The maximum Gasteiger partial charge on any atom is 0.407 e. The molecule has 2 fully saturated rings. The molecule has 34 heavy (non-hydrogen) atoms. The normalized spacial score (nSPS) is 25.4. The van der Waals surface area contributed by atoms with Crippen molar-refractivity contribution in [3.63, 3.8) is 0 Å². The first-order chi connectivity index (χ1) is 15.8. The molecule has 0 aromatic heterocycles. The van der Waals surface area contributed by atoms with Gasteiger partial charge in [-0.3, -0.25) is 10.5 Å². The summed E-state index contributed by atoms with van der Waals surface area (Å²) in [6.07, 6.45) is 6.78. The van der Waals surface area contributed by atoms with Crippen LogP contribution in [-0.4, -0.2) is 59.2 Å². The Morgan fingerprint density at radius 2 is 0.941 bits per heavy atom. The van der Waals surface area contributed by atoms with Gasteiger partial charge in [-0.05, 0) is 105 Å². The van der Waals surface area contributed by atoms with Crippen LogP contribution in [0.1, 0.15) is 92.9 Å². The van der Waals surface area contributed by atoms with Crippen LogP contribution in [0.25, 0.3) is 0 Å². The molecule has 0 spiro atoms. The number of hydrogen-bond donors (Lipinski definition) is 4. The highest BCUT2D eigenvalue weighted by atomic mass is 17.1. The molecule has 0 aromatic rings. The van der Waals surface area contributed by atoms with Gasteiger partial charge in [0.2, 0.25) is 0 Å². The van der Waals surface area contributed by atoms with Crippen LogP contribution in [0.2, 0.25) is 0 Å². The van der Waals surface area contributed by atoms with Crippen LogP contribution < -0.4 is 10.6 Å². The first-order valence-electron chi connectivity index (χ1n) is 12.3. The molecule has 10 nitrogen and oxygen atoms in total. The second kappa shape index (κ2) is 14.7. The molecule has 0 saturated heterocycles. The van der Waals surface area contributed by atoms with E-state index in [1.54, 1.807) is 0 Å². The third kappa shape index (κ3) is 14.6. The van der Waals surface area contributed by atoms with E-state index in [-0.39, 0.29) is 24.3 Å². The maximum atomic E-state index is 11.5. The number of amides is 2. The number of rotatable bonds is 6. The molecule has 0 radical (unpaired) electrons. The largest absolute Gasteiger partial charge is 0.444 e. The Kier molecular flexibility index (Phi) is 13.2. The minimum Gasteiger partial charge on any atom is -0.444 e. The fraction of sp³-hybridized carbons (Fsp3) is 0.917. The standard InChI is InChI=1S/2C12H23NO4/c2*1-12(2,3)17-11(14)13-10-6-4-9(5-7-10)8-16-15/h2*9-10,15H,4-8H2,1-3H3,(H,13,14). The second-order valence-corrected chi connectivity index (χ2v) is 11.3. The molecule has 0 aromatic carbocycles. The van der Waals surface area contributed by atoms with Crippen molar-refractivity contribution in [3.05, 3.63) is 0 Å². The Morgan fingerprint density at radius 3 is 1.18 bits per heavy atom. The van der Waals surface area contributed by atoms with Crippen LogP contribution in [0.3, 0.4) is 0 Å². The Morgan fingerprint density at radius 1 is 0.647 bits per heavy atom. The molecule has 2 amide bonds. The molecule has 0 bridgehead atoms. The zero-order chi connectivity index (χ0) is 25.8. The van der Waals surface area contributed by atoms with Gasteiger partial charge < -0.3 is 20.1 Å². The highest BCUT2D eigenvalue weighted by Crippen LogP contribution is 2.25. The number of carbonyl (C=O) groups is 2. The first-order valence-corrected chi connectivity index (χ1v) is 12.3. The predicted molar refractivity (Wildman–Crippen MR) is 127 cm³/mol. The summed E-state index contributed by atoms with van der Waals surface area (Å²) in [6.45, 7) is 11.9. The molecule has 2 rings (SSSR count). The summed E-state index contributed by atoms with van der Waals surface area (Å²) in [6, 6.07) is 0.361. The lowest BCUT2D eigenvalue weighted by Gasteiger charge is -2.29. The third-order valence-corrected chi connectivity index (χ3v) is 5.76. The lowest BCUT2D eigenvalue weighted by Crippen LogP contribution is -2.41. The van der Waals surface area contributed by atoms with Crippen molar-refractivity contribution in [2.75, 3.05) is 13.2 Å². The topological polar surface area (TPSA) is 136 Å². The summed E-state index contributed by atoms with van der Waals surface area (Å²) >= 11 is 0. The van der Waals surface area contributed by atoms with Gasteiger partial charge in [-0.2, -0.15) is 0 Å². The first kappa shape index (κ1) is 30.4. The van der Waals surface area contributed by atoms with Crippen LogP contribution in [0.5, 0.6) is 0 Å². The van der Waals surface area contributed by atoms with Crippen molar-refractivity contribution < 1.29 is 39.4 Å². The highest BCUT2D eigenvalue weighted by molar-refractivity contribution is 5.68. The SMILES string of the molecule is CC(C)(C)OC(=O)NC1CCC(COO)CC1.CC(C)(C)OC(=O)NC1CCC(COO)CC1. The van der Waals surface area contributed by atoms with Crippen molar-refractivity contribution >= 4 is 12.2 Å². The summed E-state index contributed by atoms with van der Waals surface area (Å²) in [7, 11) is 0. The monoisotopic (exact) mass is 490 g/mol. The zero-order valence-electron chi connectivity index (χ0n) is 21.7. The average molecular weight is 491 g/mol. The molecule has 0 unspecified atom stereocenters. The van der Waals surface area contributed by atoms with E-state index in [0.717, 1.165) is 51.4 Å². The Hall–Kier alpha value is -1.62. The van der Waals surface area contributed by atoms with Gasteiger partial charge in [-0.25, -0.2) is 19.4 Å². The molecular formula is C24H46N2O8. The fourth-order valence-electron chi connectivity index (χ4n) is 4.11. The van der Waals surface area contributed by atoms with Crippen LogP contribution >= 0.6 is 0 Å². The minimum absolute atomic E-state index is 0.180. The smallest absolute Gasteiger partial charge is 0.407 e. The number of nitrogens with one attached hydrogen (secondary N) is 2. The number of carbonyl (C=O) groups excluding carboxylic acids is 2.